The van der Waals surface area contributed by atoms with Gasteiger partial charge in [-0.1, -0.05) is 121 Å². The van der Waals surface area contributed by atoms with Crippen LogP contribution in [0.5, 0.6) is 0 Å². The molecule has 0 amide bonds. The molecule has 3 nitrogen and oxygen atoms in total. The molecular formula is C55H34O3. The second-order valence-corrected chi connectivity index (χ2v) is 15.3. The van der Waals surface area contributed by atoms with Crippen molar-refractivity contribution in [3.8, 4) is 55.6 Å². The molecule has 0 radical (unpaired) electrons. The summed E-state index contributed by atoms with van der Waals surface area (Å²) in [4.78, 5) is 0. The van der Waals surface area contributed by atoms with E-state index < -0.39 is 0 Å². The van der Waals surface area contributed by atoms with Crippen LogP contribution in [-0.2, 0) is 0 Å². The van der Waals surface area contributed by atoms with E-state index in [1.807, 2.05) is 18.2 Å². The molecule has 12 rings (SSSR count). The monoisotopic (exact) mass is 742 g/mol. The molecule has 0 spiro atoms. The second-order valence-electron chi connectivity index (χ2n) is 15.3. The van der Waals surface area contributed by atoms with Crippen LogP contribution in [0.3, 0.4) is 0 Å². The fourth-order valence-electron chi connectivity index (χ4n) is 8.96. The highest BCUT2D eigenvalue weighted by atomic mass is 16.3. The van der Waals surface area contributed by atoms with Crippen molar-refractivity contribution in [1.82, 2.24) is 0 Å². The van der Waals surface area contributed by atoms with E-state index in [1.54, 1.807) is 0 Å². The predicted molar refractivity (Wildman–Crippen MR) is 240 cm³/mol. The van der Waals surface area contributed by atoms with E-state index in [0.717, 1.165) is 93.6 Å². The Morgan fingerprint density at radius 3 is 1.21 bits per heavy atom. The van der Waals surface area contributed by atoms with E-state index >= 15 is 0 Å². The molecule has 0 saturated carbocycles. The quantitative estimate of drug-likeness (QED) is 0.176. The lowest BCUT2D eigenvalue weighted by molar-refractivity contribution is 0.663. The van der Waals surface area contributed by atoms with Crippen molar-refractivity contribution in [2.75, 3.05) is 0 Å². The Bertz CT molecular complexity index is 3560. The van der Waals surface area contributed by atoms with E-state index in [4.69, 9.17) is 13.3 Å². The Labute approximate surface area is 334 Å². The van der Waals surface area contributed by atoms with Gasteiger partial charge in [0.25, 0.3) is 0 Å². The van der Waals surface area contributed by atoms with Gasteiger partial charge in [0, 0.05) is 32.3 Å². The summed E-state index contributed by atoms with van der Waals surface area (Å²) in [6.45, 7) is 2.19. The largest absolute Gasteiger partial charge is 0.456 e. The first-order valence-corrected chi connectivity index (χ1v) is 19.7. The zero-order valence-electron chi connectivity index (χ0n) is 31.6. The van der Waals surface area contributed by atoms with Gasteiger partial charge >= 0.3 is 0 Å². The Morgan fingerprint density at radius 2 is 0.655 bits per heavy atom. The van der Waals surface area contributed by atoms with Crippen LogP contribution in [0.4, 0.5) is 0 Å². The highest BCUT2D eigenvalue weighted by Gasteiger charge is 2.19. The molecule has 0 atom stereocenters. The maximum absolute atomic E-state index is 6.49. The van der Waals surface area contributed by atoms with E-state index in [0.29, 0.717) is 0 Å². The summed E-state index contributed by atoms with van der Waals surface area (Å²) in [5.41, 5.74) is 18.1. The molecule has 58 heavy (non-hydrogen) atoms. The van der Waals surface area contributed by atoms with E-state index in [9.17, 15) is 0 Å². The molecule has 3 heteroatoms. The van der Waals surface area contributed by atoms with Crippen LogP contribution in [0, 0.1) is 6.92 Å². The van der Waals surface area contributed by atoms with Gasteiger partial charge in [-0.3, -0.25) is 0 Å². The third-order valence-electron chi connectivity index (χ3n) is 11.8. The van der Waals surface area contributed by atoms with Gasteiger partial charge in [0.15, 0.2) is 0 Å². The molecule has 3 heterocycles. The third-order valence-corrected chi connectivity index (χ3v) is 11.8. The number of furan rings is 3. The van der Waals surface area contributed by atoms with Crippen LogP contribution >= 0.6 is 0 Å². The number of hydrogen-bond donors (Lipinski definition) is 0. The number of fused-ring (bicyclic) bond motifs is 10. The van der Waals surface area contributed by atoms with Crippen LogP contribution in [0.25, 0.3) is 121 Å². The lowest BCUT2D eigenvalue weighted by Crippen LogP contribution is -1.87. The molecular weight excluding hydrogens is 709 g/mol. The Balaban J connectivity index is 0.975. The molecule has 0 unspecified atom stereocenters. The van der Waals surface area contributed by atoms with Crippen molar-refractivity contribution in [2.24, 2.45) is 0 Å². The van der Waals surface area contributed by atoms with Crippen LogP contribution in [0.15, 0.2) is 201 Å². The molecule has 0 aliphatic rings. The SMILES string of the molecule is Cc1ccc(-c2ccccc2)cc1-c1cccc2oc3ccc(-c4cccc(-c5ccc6oc7ccc8oc9ccc(-c%10ccccc%10)cc9c8c7c6c5)c4)cc3c12. The van der Waals surface area contributed by atoms with Gasteiger partial charge in [-0.25, -0.2) is 0 Å². The van der Waals surface area contributed by atoms with Crippen molar-refractivity contribution >= 4 is 65.8 Å². The first-order valence-electron chi connectivity index (χ1n) is 19.7. The van der Waals surface area contributed by atoms with Crippen LogP contribution in [0.1, 0.15) is 5.56 Å². The summed E-state index contributed by atoms with van der Waals surface area (Å²) in [6, 6.07) is 66.6. The second kappa shape index (κ2) is 12.7. The molecule has 3 aromatic heterocycles. The van der Waals surface area contributed by atoms with Gasteiger partial charge in [0.2, 0.25) is 0 Å². The van der Waals surface area contributed by atoms with Gasteiger partial charge in [-0.05, 0) is 135 Å². The minimum Gasteiger partial charge on any atom is -0.456 e. The molecule has 0 aliphatic heterocycles. The van der Waals surface area contributed by atoms with E-state index in [2.05, 4.69) is 177 Å². The molecule has 0 aliphatic carbocycles. The van der Waals surface area contributed by atoms with Gasteiger partial charge in [0.05, 0.1) is 0 Å². The topological polar surface area (TPSA) is 39.4 Å². The average Bonchev–Trinajstić information content (AvgIpc) is 3.97. The molecule has 0 fully saturated rings. The maximum atomic E-state index is 6.49. The molecule has 0 saturated heterocycles. The number of rotatable bonds is 5. The van der Waals surface area contributed by atoms with Gasteiger partial charge in [-0.15, -0.1) is 0 Å². The maximum Gasteiger partial charge on any atom is 0.136 e. The predicted octanol–water partition coefficient (Wildman–Crippen LogP) is 16.0. The lowest BCUT2D eigenvalue weighted by atomic mass is 9.92. The summed E-state index contributed by atoms with van der Waals surface area (Å²) < 4.78 is 19.4. The van der Waals surface area contributed by atoms with Crippen LogP contribution in [0.2, 0.25) is 0 Å². The summed E-state index contributed by atoms with van der Waals surface area (Å²) in [7, 11) is 0. The Hall–Kier alpha value is -7.62. The summed E-state index contributed by atoms with van der Waals surface area (Å²) in [5.74, 6) is 0. The Kier molecular flexibility index (Phi) is 7.14. The average molecular weight is 743 g/mol. The minimum atomic E-state index is 0.850. The minimum absolute atomic E-state index is 0.850. The van der Waals surface area contributed by atoms with Crippen molar-refractivity contribution < 1.29 is 13.3 Å². The summed E-state index contributed by atoms with van der Waals surface area (Å²) >= 11 is 0. The van der Waals surface area contributed by atoms with Crippen molar-refractivity contribution in [3.63, 3.8) is 0 Å². The summed E-state index contributed by atoms with van der Waals surface area (Å²) in [6.07, 6.45) is 0. The molecule has 0 N–H and O–H groups in total. The first kappa shape index (κ1) is 32.6. The van der Waals surface area contributed by atoms with E-state index in [-0.39, 0.29) is 0 Å². The van der Waals surface area contributed by atoms with Gasteiger partial charge in [0.1, 0.15) is 33.5 Å². The molecule has 272 valence electrons. The lowest BCUT2D eigenvalue weighted by Gasteiger charge is -2.11. The normalized spacial score (nSPS) is 11.9. The first-order chi connectivity index (χ1) is 28.6. The summed E-state index contributed by atoms with van der Waals surface area (Å²) in [5, 5.41) is 6.55. The van der Waals surface area contributed by atoms with Crippen LogP contribution in [-0.4, -0.2) is 0 Å². The number of aryl methyl sites for hydroxylation is 1. The fraction of sp³-hybridized carbons (Fsp3) is 0.0182. The number of hydrogen-bond acceptors (Lipinski definition) is 3. The zero-order chi connectivity index (χ0) is 38.3. The fourth-order valence-corrected chi connectivity index (χ4v) is 8.96. The smallest absolute Gasteiger partial charge is 0.136 e. The van der Waals surface area contributed by atoms with Gasteiger partial charge < -0.3 is 13.3 Å². The Morgan fingerprint density at radius 1 is 0.259 bits per heavy atom. The standard InChI is InChI=1S/C55H34O3/c1-33-18-19-38(34-10-4-2-5-11-34)29-43(33)42-16-9-17-50-53(42)44-31-40(21-24-47(44)56-50)36-14-8-15-37(28-36)41-22-25-49-46(32-41)55-52(58-49)27-26-51-54(55)45-30-39(20-23-48(45)57-51)35-12-6-3-7-13-35/h2-32H,1H3. The third kappa shape index (κ3) is 5.14. The molecule has 12 aromatic rings. The van der Waals surface area contributed by atoms with E-state index in [1.165, 1.54) is 33.4 Å². The van der Waals surface area contributed by atoms with Crippen molar-refractivity contribution in [1.29, 1.82) is 0 Å². The molecule has 0 bridgehead atoms. The van der Waals surface area contributed by atoms with Crippen molar-refractivity contribution in [3.05, 3.63) is 194 Å². The van der Waals surface area contributed by atoms with Crippen molar-refractivity contribution in [2.45, 2.75) is 6.92 Å². The highest BCUT2D eigenvalue weighted by Crippen LogP contribution is 2.44. The number of benzene rings is 9. The van der Waals surface area contributed by atoms with Crippen LogP contribution < -0.4 is 0 Å². The zero-order valence-corrected chi connectivity index (χ0v) is 31.6. The molecule has 9 aromatic carbocycles. The van der Waals surface area contributed by atoms with Gasteiger partial charge in [-0.2, -0.15) is 0 Å². The highest BCUT2D eigenvalue weighted by molar-refractivity contribution is 6.26.